The van der Waals surface area contributed by atoms with Gasteiger partial charge in [-0.25, -0.2) is 0 Å². The summed E-state index contributed by atoms with van der Waals surface area (Å²) in [4.78, 5) is 17.1. The summed E-state index contributed by atoms with van der Waals surface area (Å²) < 4.78 is 10.7. The van der Waals surface area contributed by atoms with Gasteiger partial charge in [-0.3, -0.25) is 4.79 Å². The summed E-state index contributed by atoms with van der Waals surface area (Å²) in [5.74, 6) is 2.08. The van der Waals surface area contributed by atoms with Gasteiger partial charge in [0.05, 0.1) is 14.2 Å². The molecule has 0 unspecified atom stereocenters. The van der Waals surface area contributed by atoms with Crippen LogP contribution in [0.4, 0.5) is 0 Å². The van der Waals surface area contributed by atoms with Crippen molar-refractivity contribution in [1.29, 1.82) is 0 Å². The van der Waals surface area contributed by atoms with Crippen LogP contribution in [0.3, 0.4) is 0 Å². The molecule has 5 heteroatoms. The molecule has 0 bridgehead atoms. The second kappa shape index (κ2) is 8.56. The van der Waals surface area contributed by atoms with Crippen LogP contribution in [0.1, 0.15) is 39.2 Å². The summed E-state index contributed by atoms with van der Waals surface area (Å²) >= 11 is 0. The monoisotopic (exact) mass is 348 g/mol. The SMILES string of the molecule is CCC(=O)N(Cc1ccc(OC)c(OC)c1)[C@@H]1C[C@H](C)N(C)C[C@@H]1C. The first-order valence-electron chi connectivity index (χ1n) is 9.11. The van der Waals surface area contributed by atoms with E-state index in [1.807, 2.05) is 25.1 Å². The summed E-state index contributed by atoms with van der Waals surface area (Å²) in [7, 11) is 5.43. The molecule has 0 aliphatic carbocycles. The van der Waals surface area contributed by atoms with Gasteiger partial charge in [-0.05, 0) is 44.0 Å². The molecule has 0 spiro atoms. The molecule has 0 aromatic heterocycles. The summed E-state index contributed by atoms with van der Waals surface area (Å²) in [5, 5.41) is 0. The van der Waals surface area contributed by atoms with Crippen LogP contribution in [0.2, 0.25) is 0 Å². The highest BCUT2D eigenvalue weighted by molar-refractivity contribution is 5.76. The van der Waals surface area contributed by atoms with Gasteiger partial charge in [0.15, 0.2) is 11.5 Å². The molecule has 1 heterocycles. The van der Waals surface area contributed by atoms with E-state index in [4.69, 9.17) is 9.47 Å². The number of hydrogen-bond acceptors (Lipinski definition) is 4. The van der Waals surface area contributed by atoms with Gasteiger partial charge >= 0.3 is 0 Å². The highest BCUT2D eigenvalue weighted by Gasteiger charge is 2.34. The fourth-order valence-corrected chi connectivity index (χ4v) is 3.72. The number of carbonyl (C=O) groups excluding carboxylic acids is 1. The van der Waals surface area contributed by atoms with Crippen molar-refractivity contribution < 1.29 is 14.3 Å². The van der Waals surface area contributed by atoms with Gasteiger partial charge in [0.25, 0.3) is 0 Å². The maximum absolute atomic E-state index is 12.7. The predicted molar refractivity (Wildman–Crippen MR) is 100 cm³/mol. The number of benzene rings is 1. The molecule has 1 aromatic rings. The minimum absolute atomic E-state index is 0.211. The summed E-state index contributed by atoms with van der Waals surface area (Å²) in [6.07, 6.45) is 1.54. The van der Waals surface area contributed by atoms with E-state index in [0.717, 1.165) is 18.5 Å². The smallest absolute Gasteiger partial charge is 0.222 e. The van der Waals surface area contributed by atoms with E-state index in [0.29, 0.717) is 36.4 Å². The van der Waals surface area contributed by atoms with Gasteiger partial charge in [-0.2, -0.15) is 0 Å². The topological polar surface area (TPSA) is 42.0 Å². The summed E-state index contributed by atoms with van der Waals surface area (Å²) in [6.45, 7) is 8.05. The molecule has 1 aliphatic rings. The molecule has 1 aromatic carbocycles. The molecule has 1 saturated heterocycles. The highest BCUT2D eigenvalue weighted by Crippen LogP contribution is 2.31. The lowest BCUT2D eigenvalue weighted by Crippen LogP contribution is -2.53. The van der Waals surface area contributed by atoms with Crippen LogP contribution >= 0.6 is 0 Å². The van der Waals surface area contributed by atoms with E-state index in [1.54, 1.807) is 14.2 Å². The Morgan fingerprint density at radius 1 is 1.24 bits per heavy atom. The van der Waals surface area contributed by atoms with E-state index in [-0.39, 0.29) is 11.9 Å². The molecule has 5 nitrogen and oxygen atoms in total. The first kappa shape index (κ1) is 19.6. The molecular formula is C20H32N2O3. The number of piperidine rings is 1. The van der Waals surface area contributed by atoms with Crippen LogP contribution in [0, 0.1) is 5.92 Å². The third kappa shape index (κ3) is 4.46. The second-order valence-corrected chi connectivity index (χ2v) is 7.13. The molecule has 0 radical (unpaired) electrons. The Bertz CT molecular complexity index is 590. The molecule has 1 fully saturated rings. The minimum Gasteiger partial charge on any atom is -0.493 e. The Balaban J connectivity index is 2.25. The Kier molecular flexibility index (Phi) is 6.71. The Hall–Kier alpha value is -1.75. The van der Waals surface area contributed by atoms with Crippen LogP contribution in [0.5, 0.6) is 11.5 Å². The van der Waals surface area contributed by atoms with Gasteiger partial charge in [-0.1, -0.05) is 19.9 Å². The van der Waals surface area contributed by atoms with Gasteiger partial charge in [-0.15, -0.1) is 0 Å². The van der Waals surface area contributed by atoms with E-state index in [2.05, 4.69) is 30.7 Å². The van der Waals surface area contributed by atoms with Crippen LogP contribution in [0.25, 0.3) is 0 Å². The average molecular weight is 348 g/mol. The minimum atomic E-state index is 0.211. The molecule has 0 N–H and O–H groups in total. The number of ether oxygens (including phenoxy) is 2. The van der Waals surface area contributed by atoms with Crippen LogP contribution < -0.4 is 9.47 Å². The molecule has 3 atom stereocenters. The molecule has 1 aliphatic heterocycles. The standard InChI is InChI=1S/C20H32N2O3/c1-7-20(23)22(17-10-15(3)21(4)12-14(17)2)13-16-8-9-18(24-5)19(11-16)25-6/h8-9,11,14-15,17H,7,10,12-13H2,1-6H3/t14-,15-,17+/m0/s1. The van der Waals surface area contributed by atoms with Crippen molar-refractivity contribution in [2.45, 2.75) is 52.2 Å². The predicted octanol–water partition coefficient (Wildman–Crippen LogP) is 3.17. The summed E-state index contributed by atoms with van der Waals surface area (Å²) in [5.41, 5.74) is 1.07. The van der Waals surface area contributed by atoms with Gasteiger partial charge in [0.2, 0.25) is 5.91 Å². The fraction of sp³-hybridized carbons (Fsp3) is 0.650. The van der Waals surface area contributed by atoms with Crippen molar-refractivity contribution in [3.63, 3.8) is 0 Å². The number of amides is 1. The zero-order valence-electron chi connectivity index (χ0n) is 16.4. The van der Waals surface area contributed by atoms with Gasteiger partial charge in [0.1, 0.15) is 0 Å². The van der Waals surface area contributed by atoms with E-state index in [9.17, 15) is 4.79 Å². The number of hydrogen-bond donors (Lipinski definition) is 0. The summed E-state index contributed by atoms with van der Waals surface area (Å²) in [6, 6.07) is 6.65. The van der Waals surface area contributed by atoms with E-state index in [1.165, 1.54) is 0 Å². The van der Waals surface area contributed by atoms with Crippen molar-refractivity contribution in [1.82, 2.24) is 9.80 Å². The maximum atomic E-state index is 12.7. The van der Waals surface area contributed by atoms with Gasteiger partial charge < -0.3 is 19.3 Å². The second-order valence-electron chi connectivity index (χ2n) is 7.13. The Labute approximate surface area is 151 Å². The van der Waals surface area contributed by atoms with Crippen LogP contribution in [0.15, 0.2) is 18.2 Å². The maximum Gasteiger partial charge on any atom is 0.222 e. The lowest BCUT2D eigenvalue weighted by atomic mass is 9.88. The molecule has 140 valence electrons. The number of carbonyl (C=O) groups is 1. The van der Waals surface area contributed by atoms with Crippen molar-refractivity contribution in [3.05, 3.63) is 23.8 Å². The quantitative estimate of drug-likeness (QED) is 0.792. The molecule has 2 rings (SSSR count). The van der Waals surface area contributed by atoms with Crippen molar-refractivity contribution >= 4 is 5.91 Å². The number of likely N-dealkylation sites (tertiary alicyclic amines) is 1. The third-order valence-corrected chi connectivity index (χ3v) is 5.39. The number of methoxy groups -OCH3 is 2. The van der Waals surface area contributed by atoms with Crippen LogP contribution in [-0.4, -0.2) is 55.6 Å². The average Bonchev–Trinajstić information content (AvgIpc) is 2.62. The fourth-order valence-electron chi connectivity index (χ4n) is 3.72. The first-order chi connectivity index (χ1) is 11.9. The lowest BCUT2D eigenvalue weighted by molar-refractivity contribution is -0.136. The van der Waals surface area contributed by atoms with Crippen molar-refractivity contribution in [2.75, 3.05) is 27.8 Å². The largest absolute Gasteiger partial charge is 0.493 e. The highest BCUT2D eigenvalue weighted by atomic mass is 16.5. The Morgan fingerprint density at radius 2 is 1.92 bits per heavy atom. The van der Waals surface area contributed by atoms with Crippen molar-refractivity contribution in [3.8, 4) is 11.5 Å². The zero-order chi connectivity index (χ0) is 18.6. The zero-order valence-corrected chi connectivity index (χ0v) is 16.4. The van der Waals surface area contributed by atoms with E-state index >= 15 is 0 Å². The van der Waals surface area contributed by atoms with Crippen molar-refractivity contribution in [2.24, 2.45) is 5.92 Å². The molecular weight excluding hydrogens is 316 g/mol. The van der Waals surface area contributed by atoms with Gasteiger partial charge in [0, 0.05) is 31.6 Å². The molecule has 0 saturated carbocycles. The number of rotatable bonds is 6. The normalized spacial score (nSPS) is 24.0. The number of nitrogens with zero attached hydrogens (tertiary/aromatic N) is 2. The lowest BCUT2D eigenvalue weighted by Gasteiger charge is -2.45. The molecule has 25 heavy (non-hydrogen) atoms. The van der Waals surface area contributed by atoms with Crippen LogP contribution in [-0.2, 0) is 11.3 Å². The van der Waals surface area contributed by atoms with E-state index < -0.39 is 0 Å². The Morgan fingerprint density at radius 3 is 2.52 bits per heavy atom. The first-order valence-corrected chi connectivity index (χ1v) is 9.11. The third-order valence-electron chi connectivity index (χ3n) is 5.39. The molecule has 1 amide bonds.